The number of para-hydroxylation sites is 1. The van der Waals surface area contributed by atoms with Crippen molar-refractivity contribution in [2.45, 2.75) is 9.92 Å². The van der Waals surface area contributed by atoms with E-state index in [1.807, 2.05) is 0 Å². The van der Waals surface area contributed by atoms with Crippen molar-refractivity contribution in [3.8, 4) is 0 Å². The third-order valence-corrected chi connectivity index (χ3v) is 3.43. The predicted molar refractivity (Wildman–Crippen MR) is 72.8 cm³/mol. The van der Waals surface area contributed by atoms with E-state index in [1.165, 1.54) is 31.5 Å². The van der Waals surface area contributed by atoms with Crippen LogP contribution in [-0.4, -0.2) is 23.0 Å². The molecule has 0 spiro atoms. The lowest BCUT2D eigenvalue weighted by molar-refractivity contribution is -0.387. The lowest BCUT2D eigenvalue weighted by atomic mass is 10.3. The van der Waals surface area contributed by atoms with Crippen LogP contribution in [0.25, 0.3) is 0 Å². The summed E-state index contributed by atoms with van der Waals surface area (Å²) in [6, 6.07) is 9.42. The van der Waals surface area contributed by atoms with Crippen molar-refractivity contribution >= 4 is 23.4 Å². The average molecular weight is 290 g/mol. The molecule has 0 atom stereocenters. The van der Waals surface area contributed by atoms with E-state index in [2.05, 4.69) is 9.72 Å². The number of hydrogen-bond acceptors (Lipinski definition) is 6. The topological polar surface area (TPSA) is 82.3 Å². The highest BCUT2D eigenvalue weighted by molar-refractivity contribution is 7.99. The summed E-state index contributed by atoms with van der Waals surface area (Å²) in [5.41, 5.74) is 0.353. The fraction of sp³-hybridized carbons (Fsp3) is 0.0769. The Morgan fingerprint density at radius 2 is 2.10 bits per heavy atom. The number of methoxy groups -OCH3 is 1. The van der Waals surface area contributed by atoms with Crippen LogP contribution in [0.4, 0.5) is 5.69 Å². The number of ether oxygens (including phenoxy) is 1. The minimum absolute atomic E-state index is 0.00257. The molecule has 0 saturated heterocycles. The molecule has 0 fully saturated rings. The Kier molecular flexibility index (Phi) is 4.31. The van der Waals surface area contributed by atoms with Gasteiger partial charge in [-0.15, -0.1) is 0 Å². The number of rotatable bonds is 4. The van der Waals surface area contributed by atoms with Gasteiger partial charge in [0.1, 0.15) is 5.03 Å². The first-order valence-corrected chi connectivity index (χ1v) is 6.39. The Hall–Kier alpha value is -2.41. The van der Waals surface area contributed by atoms with Crippen LogP contribution in [-0.2, 0) is 4.74 Å². The van der Waals surface area contributed by atoms with E-state index in [0.717, 1.165) is 11.8 Å². The van der Waals surface area contributed by atoms with Gasteiger partial charge in [0.25, 0.3) is 5.69 Å². The van der Waals surface area contributed by atoms with Crippen LogP contribution in [0, 0.1) is 10.1 Å². The van der Waals surface area contributed by atoms with E-state index in [4.69, 9.17) is 0 Å². The quantitative estimate of drug-likeness (QED) is 0.489. The highest BCUT2D eigenvalue weighted by atomic mass is 32.2. The van der Waals surface area contributed by atoms with Crippen LogP contribution in [0.3, 0.4) is 0 Å². The van der Waals surface area contributed by atoms with E-state index in [0.29, 0.717) is 15.5 Å². The first-order valence-electron chi connectivity index (χ1n) is 5.57. The van der Waals surface area contributed by atoms with Crippen molar-refractivity contribution in [2.75, 3.05) is 7.11 Å². The van der Waals surface area contributed by atoms with Crippen LogP contribution < -0.4 is 0 Å². The van der Waals surface area contributed by atoms with Gasteiger partial charge < -0.3 is 4.74 Å². The molecule has 0 aliphatic heterocycles. The zero-order chi connectivity index (χ0) is 14.5. The number of nitro benzene ring substituents is 1. The summed E-state index contributed by atoms with van der Waals surface area (Å²) in [4.78, 5) is 26.5. The predicted octanol–water partition coefficient (Wildman–Crippen LogP) is 2.93. The maximum Gasteiger partial charge on any atom is 0.337 e. The van der Waals surface area contributed by atoms with E-state index in [1.54, 1.807) is 18.2 Å². The summed E-state index contributed by atoms with van der Waals surface area (Å²) in [6.07, 6.45) is 1.46. The Balaban J connectivity index is 2.31. The van der Waals surface area contributed by atoms with E-state index in [9.17, 15) is 14.9 Å². The van der Waals surface area contributed by atoms with E-state index in [-0.39, 0.29) is 5.69 Å². The first kappa shape index (κ1) is 14.0. The molecule has 0 amide bonds. The molecule has 0 aliphatic carbocycles. The molecule has 20 heavy (non-hydrogen) atoms. The molecule has 102 valence electrons. The van der Waals surface area contributed by atoms with Gasteiger partial charge in [0.15, 0.2) is 0 Å². The average Bonchev–Trinajstić information content (AvgIpc) is 2.47. The monoisotopic (exact) mass is 290 g/mol. The highest BCUT2D eigenvalue weighted by Gasteiger charge is 2.15. The SMILES string of the molecule is COC(=O)c1ccnc(Sc2ccccc2[N+](=O)[O-])c1. The molecule has 0 bridgehead atoms. The van der Waals surface area contributed by atoms with Gasteiger partial charge in [0.2, 0.25) is 0 Å². The summed E-state index contributed by atoms with van der Waals surface area (Å²) >= 11 is 1.12. The van der Waals surface area contributed by atoms with Crippen molar-refractivity contribution in [1.29, 1.82) is 0 Å². The van der Waals surface area contributed by atoms with Gasteiger partial charge in [0.05, 0.1) is 22.5 Å². The van der Waals surface area contributed by atoms with E-state index < -0.39 is 10.9 Å². The minimum atomic E-state index is -0.475. The number of carbonyl (C=O) groups excluding carboxylic acids is 1. The Bertz CT molecular complexity index is 660. The summed E-state index contributed by atoms with van der Waals surface area (Å²) in [5, 5.41) is 11.4. The Labute approximate surface area is 118 Å². The maximum absolute atomic E-state index is 11.4. The van der Waals surface area contributed by atoms with Crippen molar-refractivity contribution in [1.82, 2.24) is 4.98 Å². The number of aromatic nitrogens is 1. The third-order valence-electron chi connectivity index (χ3n) is 2.43. The molecule has 1 aromatic heterocycles. The lowest BCUT2D eigenvalue weighted by Gasteiger charge is -2.04. The molecular formula is C13H10N2O4S. The molecule has 0 aliphatic rings. The van der Waals surface area contributed by atoms with Crippen LogP contribution in [0.2, 0.25) is 0 Å². The Morgan fingerprint density at radius 3 is 2.80 bits per heavy atom. The number of pyridine rings is 1. The second-order valence-electron chi connectivity index (χ2n) is 3.70. The molecular weight excluding hydrogens is 280 g/mol. The highest BCUT2D eigenvalue weighted by Crippen LogP contribution is 2.33. The maximum atomic E-state index is 11.4. The molecule has 2 aromatic rings. The van der Waals surface area contributed by atoms with Crippen molar-refractivity contribution in [2.24, 2.45) is 0 Å². The molecule has 1 heterocycles. The molecule has 2 rings (SSSR count). The molecule has 0 unspecified atom stereocenters. The van der Waals surface area contributed by atoms with Gasteiger partial charge in [0, 0.05) is 12.3 Å². The number of benzene rings is 1. The summed E-state index contributed by atoms with van der Waals surface area (Å²) in [7, 11) is 1.29. The zero-order valence-corrected chi connectivity index (χ0v) is 11.3. The van der Waals surface area contributed by atoms with Crippen molar-refractivity contribution in [3.05, 3.63) is 58.3 Å². The van der Waals surface area contributed by atoms with Gasteiger partial charge in [-0.2, -0.15) is 0 Å². The molecule has 0 saturated carbocycles. The van der Waals surface area contributed by atoms with Crippen molar-refractivity contribution < 1.29 is 14.5 Å². The van der Waals surface area contributed by atoms with Crippen LogP contribution in [0.1, 0.15) is 10.4 Å². The molecule has 7 heteroatoms. The smallest absolute Gasteiger partial charge is 0.337 e. The van der Waals surface area contributed by atoms with Gasteiger partial charge in [-0.3, -0.25) is 10.1 Å². The minimum Gasteiger partial charge on any atom is -0.465 e. The number of hydrogen-bond donors (Lipinski definition) is 0. The second kappa shape index (κ2) is 6.16. The largest absolute Gasteiger partial charge is 0.465 e. The van der Waals surface area contributed by atoms with E-state index >= 15 is 0 Å². The number of esters is 1. The lowest BCUT2D eigenvalue weighted by Crippen LogP contribution is -2.01. The molecule has 1 aromatic carbocycles. The normalized spacial score (nSPS) is 10.1. The standard InChI is InChI=1S/C13H10N2O4S/c1-19-13(16)9-6-7-14-12(8-9)20-11-5-3-2-4-10(11)15(17)18/h2-8H,1H3. The number of nitro groups is 1. The molecule has 0 radical (unpaired) electrons. The third kappa shape index (κ3) is 3.12. The summed E-state index contributed by atoms with van der Waals surface area (Å²) in [6.45, 7) is 0. The molecule has 0 N–H and O–H groups in total. The summed E-state index contributed by atoms with van der Waals surface area (Å²) < 4.78 is 4.62. The van der Waals surface area contributed by atoms with Gasteiger partial charge in [-0.1, -0.05) is 23.9 Å². The molecule has 6 nitrogen and oxygen atoms in total. The van der Waals surface area contributed by atoms with Gasteiger partial charge in [-0.05, 0) is 18.2 Å². The zero-order valence-electron chi connectivity index (χ0n) is 10.5. The van der Waals surface area contributed by atoms with Crippen molar-refractivity contribution in [3.63, 3.8) is 0 Å². The van der Waals surface area contributed by atoms with Crippen LogP contribution in [0.5, 0.6) is 0 Å². The fourth-order valence-corrected chi connectivity index (χ4v) is 2.44. The number of carbonyl (C=O) groups is 1. The van der Waals surface area contributed by atoms with Gasteiger partial charge in [-0.25, -0.2) is 9.78 Å². The van der Waals surface area contributed by atoms with Gasteiger partial charge >= 0.3 is 5.97 Å². The Morgan fingerprint density at radius 1 is 1.35 bits per heavy atom. The second-order valence-corrected chi connectivity index (χ2v) is 4.76. The first-order chi connectivity index (χ1) is 9.61. The van der Waals surface area contributed by atoms with Crippen LogP contribution in [0.15, 0.2) is 52.5 Å². The fourth-order valence-electron chi connectivity index (χ4n) is 1.52. The number of nitrogens with zero attached hydrogens (tertiary/aromatic N) is 2. The summed E-state index contributed by atoms with van der Waals surface area (Å²) in [5.74, 6) is -0.475. The van der Waals surface area contributed by atoms with Crippen LogP contribution >= 0.6 is 11.8 Å².